The van der Waals surface area contributed by atoms with Gasteiger partial charge in [0, 0.05) is 0 Å². The maximum atomic E-state index is 13.9. The number of benzene rings is 1. The molecule has 15 heteroatoms. The van der Waals surface area contributed by atoms with Crippen LogP contribution < -0.4 is 5.32 Å². The Morgan fingerprint density at radius 1 is 1.06 bits per heavy atom. The monoisotopic (exact) mass is 510 g/mol. The van der Waals surface area contributed by atoms with Gasteiger partial charge in [-0.3, -0.25) is 4.79 Å². The number of pyridine rings is 1. The first-order valence-electron chi connectivity index (χ1n) is 8.98. The first kappa shape index (κ1) is 23.1. The Kier molecular flexibility index (Phi) is 5.94. The number of aromatic nitrogens is 6. The third-order valence-corrected chi connectivity index (χ3v) is 4.91. The standard InChI is InChI=1S/C19H8Cl2F4N8O/c20-13-4-10(22)5-14(21)15(13)32-16(19(23,24)25)12(8-30-32)18(34)31-11-3-9(6-26)17(27-7-11)33-28-1-2-29-33/h1-5,7-8H,(H,31,34). The summed E-state index contributed by atoms with van der Waals surface area (Å²) in [7, 11) is 0. The van der Waals surface area contributed by atoms with E-state index in [1.807, 2.05) is 6.07 Å². The van der Waals surface area contributed by atoms with Crippen LogP contribution in [-0.4, -0.2) is 35.7 Å². The quantitative estimate of drug-likeness (QED) is 0.406. The Labute approximate surface area is 197 Å². The fraction of sp³-hybridized carbons (Fsp3) is 0.0526. The number of halogens is 6. The van der Waals surface area contributed by atoms with Gasteiger partial charge >= 0.3 is 6.18 Å². The van der Waals surface area contributed by atoms with Crippen LogP contribution in [0.3, 0.4) is 0 Å². The van der Waals surface area contributed by atoms with Crippen LogP contribution in [0, 0.1) is 17.1 Å². The number of rotatable bonds is 4. The van der Waals surface area contributed by atoms with Gasteiger partial charge in [0.05, 0.1) is 46.1 Å². The molecule has 0 unspecified atom stereocenters. The van der Waals surface area contributed by atoms with E-state index < -0.39 is 44.9 Å². The highest BCUT2D eigenvalue weighted by Gasteiger charge is 2.41. The van der Waals surface area contributed by atoms with Crippen molar-refractivity contribution in [3.05, 3.63) is 75.7 Å². The van der Waals surface area contributed by atoms with Crippen molar-refractivity contribution in [1.29, 1.82) is 5.26 Å². The summed E-state index contributed by atoms with van der Waals surface area (Å²) < 4.78 is 55.6. The molecule has 3 heterocycles. The molecule has 0 aliphatic rings. The molecule has 3 aromatic heterocycles. The number of carbonyl (C=O) groups is 1. The Hall–Kier alpha value is -4.02. The fourth-order valence-electron chi connectivity index (χ4n) is 2.98. The average molecular weight is 511 g/mol. The zero-order valence-electron chi connectivity index (χ0n) is 16.3. The van der Waals surface area contributed by atoms with Crippen LogP contribution in [0.4, 0.5) is 23.2 Å². The Balaban J connectivity index is 1.74. The normalized spacial score (nSPS) is 11.3. The lowest BCUT2D eigenvalue weighted by Gasteiger charge is -2.15. The second-order valence-electron chi connectivity index (χ2n) is 6.51. The van der Waals surface area contributed by atoms with Gasteiger partial charge in [-0.15, -0.1) is 4.80 Å². The van der Waals surface area contributed by atoms with Crippen LogP contribution >= 0.6 is 23.2 Å². The number of nitrogens with one attached hydrogen (secondary N) is 1. The predicted octanol–water partition coefficient (Wildman–Crippen LogP) is 4.44. The molecule has 9 nitrogen and oxygen atoms in total. The molecule has 4 rings (SSSR count). The maximum Gasteiger partial charge on any atom is 0.434 e. The zero-order valence-corrected chi connectivity index (χ0v) is 17.9. The molecule has 172 valence electrons. The molecular formula is C19H8Cl2F4N8O. The number of amides is 1. The van der Waals surface area contributed by atoms with Gasteiger partial charge in [-0.1, -0.05) is 23.2 Å². The van der Waals surface area contributed by atoms with Crippen molar-refractivity contribution in [2.75, 3.05) is 5.32 Å². The molecule has 34 heavy (non-hydrogen) atoms. The molecule has 0 atom stereocenters. The fourth-order valence-corrected chi connectivity index (χ4v) is 3.61. The maximum absolute atomic E-state index is 13.9. The van der Waals surface area contributed by atoms with Crippen molar-refractivity contribution in [2.24, 2.45) is 0 Å². The summed E-state index contributed by atoms with van der Waals surface area (Å²) in [5, 5.41) is 22.0. The summed E-state index contributed by atoms with van der Waals surface area (Å²) in [5.41, 5.74) is -2.95. The Morgan fingerprint density at radius 3 is 2.29 bits per heavy atom. The number of carbonyl (C=O) groups excluding carboxylic acids is 1. The van der Waals surface area contributed by atoms with E-state index in [0.717, 1.165) is 23.1 Å². The van der Waals surface area contributed by atoms with Gasteiger partial charge in [-0.25, -0.2) is 14.1 Å². The minimum Gasteiger partial charge on any atom is -0.320 e. The highest BCUT2D eigenvalue weighted by Crippen LogP contribution is 2.38. The van der Waals surface area contributed by atoms with Crippen LogP contribution in [0.5, 0.6) is 0 Å². The highest BCUT2D eigenvalue weighted by molar-refractivity contribution is 6.37. The number of alkyl halides is 3. The third kappa shape index (κ3) is 4.28. The predicted molar refractivity (Wildman–Crippen MR) is 110 cm³/mol. The van der Waals surface area contributed by atoms with Crippen molar-refractivity contribution >= 4 is 34.8 Å². The van der Waals surface area contributed by atoms with E-state index in [-0.39, 0.29) is 17.1 Å². The molecule has 1 N–H and O–H groups in total. The van der Waals surface area contributed by atoms with Crippen molar-refractivity contribution in [3.8, 4) is 17.6 Å². The smallest absolute Gasteiger partial charge is 0.320 e. The van der Waals surface area contributed by atoms with Gasteiger partial charge in [0.1, 0.15) is 23.1 Å². The Bertz CT molecular complexity index is 1420. The molecule has 0 aliphatic carbocycles. The second kappa shape index (κ2) is 8.73. The second-order valence-corrected chi connectivity index (χ2v) is 7.33. The first-order chi connectivity index (χ1) is 16.1. The van der Waals surface area contributed by atoms with Gasteiger partial charge in [0.2, 0.25) is 0 Å². The summed E-state index contributed by atoms with van der Waals surface area (Å²) in [4.78, 5) is 17.8. The van der Waals surface area contributed by atoms with Crippen LogP contribution in [0.1, 0.15) is 21.6 Å². The molecule has 0 bridgehead atoms. The van der Waals surface area contributed by atoms with E-state index in [1.165, 1.54) is 18.5 Å². The molecule has 1 amide bonds. The lowest BCUT2D eigenvalue weighted by Crippen LogP contribution is -2.21. The summed E-state index contributed by atoms with van der Waals surface area (Å²) >= 11 is 11.8. The van der Waals surface area contributed by atoms with Crippen molar-refractivity contribution in [1.82, 2.24) is 29.8 Å². The van der Waals surface area contributed by atoms with Gasteiger partial charge in [-0.2, -0.15) is 33.7 Å². The molecule has 0 aliphatic heterocycles. The van der Waals surface area contributed by atoms with Crippen molar-refractivity contribution in [2.45, 2.75) is 6.18 Å². The number of nitrogens with zero attached hydrogens (tertiary/aromatic N) is 7. The minimum absolute atomic E-state index is 0.0504. The molecule has 0 saturated carbocycles. The van der Waals surface area contributed by atoms with E-state index in [1.54, 1.807) is 0 Å². The number of hydrogen-bond acceptors (Lipinski definition) is 6. The molecule has 1 aromatic carbocycles. The van der Waals surface area contributed by atoms with Gasteiger partial charge in [0.25, 0.3) is 5.91 Å². The molecule has 0 radical (unpaired) electrons. The zero-order chi connectivity index (χ0) is 24.6. The third-order valence-electron chi connectivity index (χ3n) is 4.33. The molecule has 0 fully saturated rings. The molecule has 4 aromatic rings. The topological polar surface area (TPSA) is 114 Å². The molecular weight excluding hydrogens is 503 g/mol. The SMILES string of the molecule is N#Cc1cc(NC(=O)c2cnn(-c3c(Cl)cc(F)cc3Cl)c2C(F)(F)F)cnc1-n1nccn1. The van der Waals surface area contributed by atoms with E-state index in [4.69, 9.17) is 23.2 Å². The largest absolute Gasteiger partial charge is 0.434 e. The number of nitriles is 1. The van der Waals surface area contributed by atoms with E-state index in [0.29, 0.717) is 10.9 Å². The summed E-state index contributed by atoms with van der Waals surface area (Å²) in [6.07, 6.45) is -0.587. The van der Waals surface area contributed by atoms with Crippen LogP contribution in [0.2, 0.25) is 10.0 Å². The van der Waals surface area contributed by atoms with E-state index in [9.17, 15) is 27.6 Å². The summed E-state index contributed by atoms with van der Waals surface area (Å²) in [5.74, 6) is -2.02. The number of hydrogen-bond donors (Lipinski definition) is 1. The lowest BCUT2D eigenvalue weighted by atomic mass is 10.2. The van der Waals surface area contributed by atoms with Gasteiger partial charge in [-0.05, 0) is 18.2 Å². The average Bonchev–Trinajstić information content (AvgIpc) is 3.43. The van der Waals surface area contributed by atoms with Gasteiger partial charge in [0.15, 0.2) is 11.5 Å². The lowest BCUT2D eigenvalue weighted by molar-refractivity contribution is -0.143. The first-order valence-corrected chi connectivity index (χ1v) is 9.74. The molecule has 0 spiro atoms. The minimum atomic E-state index is -5.07. The van der Waals surface area contributed by atoms with Crippen LogP contribution in [0.25, 0.3) is 11.5 Å². The molecule has 0 saturated heterocycles. The van der Waals surface area contributed by atoms with Crippen molar-refractivity contribution < 1.29 is 22.4 Å². The van der Waals surface area contributed by atoms with Gasteiger partial charge < -0.3 is 5.32 Å². The van der Waals surface area contributed by atoms with Crippen molar-refractivity contribution in [3.63, 3.8) is 0 Å². The van der Waals surface area contributed by atoms with E-state index >= 15 is 0 Å². The van der Waals surface area contributed by atoms with Crippen LogP contribution in [0.15, 0.2) is 43.0 Å². The number of anilines is 1. The van der Waals surface area contributed by atoms with E-state index in [2.05, 4.69) is 25.6 Å². The van der Waals surface area contributed by atoms with Crippen LogP contribution in [-0.2, 0) is 6.18 Å². The highest BCUT2D eigenvalue weighted by atomic mass is 35.5. The Morgan fingerprint density at radius 2 is 1.71 bits per heavy atom. The summed E-state index contributed by atoms with van der Waals surface area (Å²) in [6, 6.07) is 4.55. The summed E-state index contributed by atoms with van der Waals surface area (Å²) in [6.45, 7) is 0.